The summed E-state index contributed by atoms with van der Waals surface area (Å²) in [6.07, 6.45) is -0.325. The number of benzene rings is 1. The fraction of sp³-hybridized carbons (Fsp3) is 0.588. The molecular weight excluding hydrogens is 297 g/mol. The van der Waals surface area contributed by atoms with Crippen molar-refractivity contribution in [1.29, 1.82) is 0 Å². The molecule has 1 aromatic carbocycles. The average Bonchev–Trinajstić information content (AvgIpc) is 2.45. The molecule has 1 aliphatic heterocycles. The monoisotopic (exact) mass is 323 g/mol. The van der Waals surface area contributed by atoms with E-state index in [-0.39, 0.29) is 18.0 Å². The van der Waals surface area contributed by atoms with Crippen LogP contribution in [0.15, 0.2) is 18.2 Å². The summed E-state index contributed by atoms with van der Waals surface area (Å²) in [5.41, 5.74) is 0.867. The number of nitrogens with one attached hydrogen (secondary N) is 1. The molecule has 1 fully saturated rings. The number of amides is 1. The highest BCUT2D eigenvalue weighted by Gasteiger charge is 2.28. The summed E-state index contributed by atoms with van der Waals surface area (Å²) in [5.74, 6) is -0.260. The summed E-state index contributed by atoms with van der Waals surface area (Å²) < 4.78 is 19.6. The van der Waals surface area contributed by atoms with Gasteiger partial charge in [-0.1, -0.05) is 6.07 Å². The maximum Gasteiger partial charge on any atom is 0.410 e. The minimum absolute atomic E-state index is 0.0954. The van der Waals surface area contributed by atoms with Gasteiger partial charge in [0.1, 0.15) is 11.4 Å². The first-order chi connectivity index (χ1) is 10.7. The maximum absolute atomic E-state index is 14.2. The lowest BCUT2D eigenvalue weighted by Gasteiger charge is -2.35. The van der Waals surface area contributed by atoms with Crippen LogP contribution in [0.5, 0.6) is 0 Å². The molecule has 1 amide bonds. The standard InChI is InChI=1S/C17H26FN3O2/c1-17(2,3)23-16(22)21-9-8-19-14(11-21)12-6-7-15(20(4)5)13(18)10-12/h6-7,10,14,19H,8-9,11H2,1-5H3. The average molecular weight is 323 g/mol. The van der Waals surface area contributed by atoms with Crippen molar-refractivity contribution in [1.82, 2.24) is 10.2 Å². The fourth-order valence-electron chi connectivity index (χ4n) is 2.57. The summed E-state index contributed by atoms with van der Waals surface area (Å²) >= 11 is 0. The largest absolute Gasteiger partial charge is 0.444 e. The quantitative estimate of drug-likeness (QED) is 0.909. The van der Waals surface area contributed by atoms with Crippen LogP contribution >= 0.6 is 0 Å². The van der Waals surface area contributed by atoms with E-state index in [1.54, 1.807) is 30.0 Å². The van der Waals surface area contributed by atoms with Gasteiger partial charge in [0.25, 0.3) is 0 Å². The lowest BCUT2D eigenvalue weighted by molar-refractivity contribution is 0.0195. The number of halogens is 1. The van der Waals surface area contributed by atoms with Crippen LogP contribution in [0.2, 0.25) is 0 Å². The lowest BCUT2D eigenvalue weighted by atomic mass is 10.0. The Morgan fingerprint density at radius 3 is 2.65 bits per heavy atom. The third kappa shape index (κ3) is 4.58. The van der Waals surface area contributed by atoms with Gasteiger partial charge < -0.3 is 19.9 Å². The number of piperazine rings is 1. The van der Waals surface area contributed by atoms with E-state index in [1.165, 1.54) is 6.07 Å². The first kappa shape index (κ1) is 17.5. The molecule has 1 unspecified atom stereocenters. The zero-order valence-electron chi connectivity index (χ0n) is 14.5. The first-order valence-corrected chi connectivity index (χ1v) is 7.85. The van der Waals surface area contributed by atoms with E-state index in [4.69, 9.17) is 4.74 Å². The predicted molar refractivity (Wildman–Crippen MR) is 89.3 cm³/mol. The highest BCUT2D eigenvalue weighted by molar-refractivity contribution is 5.68. The molecule has 0 radical (unpaired) electrons. The molecule has 1 aliphatic rings. The number of hydrogen-bond acceptors (Lipinski definition) is 4. The second kappa shape index (κ2) is 6.74. The molecule has 1 heterocycles. The van der Waals surface area contributed by atoms with Gasteiger partial charge in [-0.25, -0.2) is 9.18 Å². The van der Waals surface area contributed by atoms with Crippen molar-refractivity contribution in [2.75, 3.05) is 38.6 Å². The van der Waals surface area contributed by atoms with Gasteiger partial charge in [-0.2, -0.15) is 0 Å². The zero-order valence-corrected chi connectivity index (χ0v) is 14.5. The molecule has 6 heteroatoms. The van der Waals surface area contributed by atoms with Crippen LogP contribution in [0.4, 0.5) is 14.9 Å². The van der Waals surface area contributed by atoms with Crippen molar-refractivity contribution in [3.05, 3.63) is 29.6 Å². The third-order valence-corrected chi connectivity index (χ3v) is 3.68. The molecule has 1 atom stereocenters. The van der Waals surface area contributed by atoms with E-state index < -0.39 is 5.60 Å². The summed E-state index contributed by atoms with van der Waals surface area (Å²) in [6.45, 7) is 7.25. The second-order valence-corrected chi connectivity index (χ2v) is 7.04. The van der Waals surface area contributed by atoms with Gasteiger partial charge in [0.15, 0.2) is 0 Å². The highest BCUT2D eigenvalue weighted by Crippen LogP contribution is 2.24. The maximum atomic E-state index is 14.2. The van der Waals surface area contributed by atoms with E-state index in [2.05, 4.69) is 5.32 Å². The molecular formula is C17H26FN3O2. The molecule has 1 aromatic rings. The van der Waals surface area contributed by atoms with Crippen LogP contribution in [0.3, 0.4) is 0 Å². The van der Waals surface area contributed by atoms with Crippen LogP contribution in [0, 0.1) is 5.82 Å². The van der Waals surface area contributed by atoms with Crippen LogP contribution in [0.25, 0.3) is 0 Å². The third-order valence-electron chi connectivity index (χ3n) is 3.68. The van der Waals surface area contributed by atoms with E-state index in [0.717, 1.165) is 5.56 Å². The molecule has 0 aromatic heterocycles. The molecule has 0 spiro atoms. The Morgan fingerprint density at radius 1 is 1.39 bits per heavy atom. The van der Waals surface area contributed by atoms with Crippen LogP contribution in [-0.2, 0) is 4.74 Å². The van der Waals surface area contributed by atoms with Crippen LogP contribution in [0.1, 0.15) is 32.4 Å². The van der Waals surface area contributed by atoms with E-state index in [1.807, 2.05) is 26.8 Å². The first-order valence-electron chi connectivity index (χ1n) is 7.85. The van der Waals surface area contributed by atoms with Crippen molar-refractivity contribution < 1.29 is 13.9 Å². The molecule has 0 aliphatic carbocycles. The number of ether oxygens (including phenoxy) is 1. The Bertz CT molecular complexity index is 569. The van der Waals surface area contributed by atoms with Crippen molar-refractivity contribution in [2.45, 2.75) is 32.4 Å². The Balaban J connectivity index is 2.09. The SMILES string of the molecule is CN(C)c1ccc(C2CN(C(=O)OC(C)(C)C)CCN2)cc1F. The summed E-state index contributed by atoms with van der Waals surface area (Å²) in [6, 6.07) is 5.10. The van der Waals surface area contributed by atoms with Crippen LogP contribution < -0.4 is 10.2 Å². The molecule has 128 valence electrons. The number of carbonyl (C=O) groups is 1. The smallest absolute Gasteiger partial charge is 0.410 e. The van der Waals surface area contributed by atoms with Gasteiger partial charge >= 0.3 is 6.09 Å². The van der Waals surface area contributed by atoms with Crippen molar-refractivity contribution in [3.8, 4) is 0 Å². The fourth-order valence-corrected chi connectivity index (χ4v) is 2.57. The van der Waals surface area contributed by atoms with Gasteiger partial charge in [-0.15, -0.1) is 0 Å². The van der Waals surface area contributed by atoms with Crippen LogP contribution in [-0.4, -0.2) is 50.3 Å². The number of rotatable bonds is 2. The number of nitrogens with zero attached hydrogens (tertiary/aromatic N) is 2. The van der Waals surface area contributed by atoms with Gasteiger partial charge in [0, 0.05) is 33.7 Å². The lowest BCUT2D eigenvalue weighted by Crippen LogP contribution is -2.49. The van der Waals surface area contributed by atoms with E-state index >= 15 is 0 Å². The van der Waals surface area contributed by atoms with Crippen molar-refractivity contribution in [2.24, 2.45) is 0 Å². The molecule has 5 nitrogen and oxygen atoms in total. The van der Waals surface area contributed by atoms with E-state index in [0.29, 0.717) is 25.3 Å². The number of anilines is 1. The molecule has 0 bridgehead atoms. The van der Waals surface area contributed by atoms with Gasteiger partial charge in [-0.05, 0) is 38.5 Å². The molecule has 2 rings (SSSR count). The Labute approximate surface area is 137 Å². The molecule has 1 N–H and O–H groups in total. The Hall–Kier alpha value is -1.82. The minimum atomic E-state index is -0.517. The molecule has 23 heavy (non-hydrogen) atoms. The predicted octanol–water partition coefficient (Wildman–Crippen LogP) is 2.77. The second-order valence-electron chi connectivity index (χ2n) is 7.04. The summed E-state index contributed by atoms with van der Waals surface area (Å²) in [5, 5.41) is 3.33. The number of hydrogen-bond donors (Lipinski definition) is 1. The van der Waals surface area contributed by atoms with Crippen molar-refractivity contribution in [3.63, 3.8) is 0 Å². The van der Waals surface area contributed by atoms with E-state index in [9.17, 15) is 9.18 Å². The van der Waals surface area contributed by atoms with Gasteiger partial charge in [0.2, 0.25) is 0 Å². The normalized spacial score (nSPS) is 18.7. The Morgan fingerprint density at radius 2 is 2.09 bits per heavy atom. The summed E-state index contributed by atoms with van der Waals surface area (Å²) in [4.78, 5) is 15.6. The van der Waals surface area contributed by atoms with Crippen molar-refractivity contribution >= 4 is 11.8 Å². The summed E-state index contributed by atoms with van der Waals surface area (Å²) in [7, 11) is 3.61. The van der Waals surface area contributed by atoms with Gasteiger partial charge in [0.05, 0.1) is 11.7 Å². The number of carbonyl (C=O) groups excluding carboxylic acids is 1. The molecule has 1 saturated heterocycles. The molecule has 0 saturated carbocycles. The topological polar surface area (TPSA) is 44.8 Å². The minimum Gasteiger partial charge on any atom is -0.444 e. The highest BCUT2D eigenvalue weighted by atomic mass is 19.1. The van der Waals surface area contributed by atoms with Gasteiger partial charge in [-0.3, -0.25) is 0 Å². The Kier molecular flexibility index (Phi) is 5.14. The zero-order chi connectivity index (χ0) is 17.2.